The summed E-state index contributed by atoms with van der Waals surface area (Å²) in [4.78, 5) is 0. The molecule has 4 heteroatoms. The van der Waals surface area contributed by atoms with E-state index >= 15 is 0 Å². The number of methoxy groups -OCH3 is 1. The van der Waals surface area contributed by atoms with Crippen LogP contribution in [0.4, 0.5) is 4.39 Å². The lowest BCUT2D eigenvalue weighted by Gasteiger charge is -2.36. The first-order valence-corrected chi connectivity index (χ1v) is 8.71. The molecule has 0 aromatic heterocycles. The van der Waals surface area contributed by atoms with Gasteiger partial charge in [0, 0.05) is 18.7 Å². The Morgan fingerprint density at radius 3 is 2.68 bits per heavy atom. The van der Waals surface area contributed by atoms with Crippen LogP contribution in [0.2, 0.25) is 0 Å². The number of benzene rings is 2. The summed E-state index contributed by atoms with van der Waals surface area (Å²) in [5, 5.41) is 14.8. The highest BCUT2D eigenvalue weighted by molar-refractivity contribution is 5.50. The molecule has 2 aromatic rings. The van der Waals surface area contributed by atoms with Crippen molar-refractivity contribution in [2.75, 3.05) is 13.7 Å². The highest BCUT2D eigenvalue weighted by Crippen LogP contribution is 2.39. The lowest BCUT2D eigenvalue weighted by atomic mass is 9.80. The van der Waals surface area contributed by atoms with Crippen LogP contribution < -0.4 is 10.1 Å². The molecule has 3 rings (SSSR count). The Balaban J connectivity index is 2.03. The monoisotopic (exact) mass is 343 g/mol. The summed E-state index contributed by atoms with van der Waals surface area (Å²) < 4.78 is 19.4. The second-order valence-electron chi connectivity index (χ2n) is 7.37. The van der Waals surface area contributed by atoms with E-state index in [9.17, 15) is 9.50 Å². The standard InChI is InChI=1S/C21H26FNO2/c1-20(2,22)11-10-15-8-9-19(25-3)18(12-15)21(24)14-23-13-16-6-4-5-7-17(16)21/h4-9,12,23-24H,10-11,13-14H2,1-3H3. The van der Waals surface area contributed by atoms with Crippen molar-refractivity contribution >= 4 is 0 Å². The molecular weight excluding hydrogens is 317 g/mol. The summed E-state index contributed by atoms with van der Waals surface area (Å²) in [6.07, 6.45) is 1.05. The fourth-order valence-corrected chi connectivity index (χ4v) is 3.47. The molecule has 25 heavy (non-hydrogen) atoms. The van der Waals surface area contributed by atoms with Crippen molar-refractivity contribution in [3.05, 3.63) is 64.7 Å². The molecule has 0 amide bonds. The van der Waals surface area contributed by atoms with Gasteiger partial charge in [-0.1, -0.05) is 30.3 Å². The zero-order valence-corrected chi connectivity index (χ0v) is 15.1. The maximum atomic E-state index is 13.9. The summed E-state index contributed by atoms with van der Waals surface area (Å²) in [5.74, 6) is 0.643. The Morgan fingerprint density at radius 1 is 1.20 bits per heavy atom. The minimum atomic E-state index is -1.21. The fourth-order valence-electron chi connectivity index (χ4n) is 3.47. The van der Waals surface area contributed by atoms with Gasteiger partial charge in [0.25, 0.3) is 0 Å². The highest BCUT2D eigenvalue weighted by Gasteiger charge is 2.38. The van der Waals surface area contributed by atoms with Crippen molar-refractivity contribution < 1.29 is 14.2 Å². The summed E-state index contributed by atoms with van der Waals surface area (Å²) in [5.41, 5.74) is 1.32. The molecule has 1 atom stereocenters. The van der Waals surface area contributed by atoms with Crippen LogP contribution in [-0.2, 0) is 18.6 Å². The number of halogens is 1. The molecule has 134 valence electrons. The van der Waals surface area contributed by atoms with E-state index in [2.05, 4.69) is 5.32 Å². The Hall–Kier alpha value is -1.91. The largest absolute Gasteiger partial charge is 0.496 e. The Kier molecular flexibility index (Phi) is 4.85. The number of hydrogen-bond acceptors (Lipinski definition) is 3. The second-order valence-corrected chi connectivity index (χ2v) is 7.37. The third-order valence-electron chi connectivity index (χ3n) is 4.88. The van der Waals surface area contributed by atoms with E-state index in [1.165, 1.54) is 0 Å². The zero-order valence-electron chi connectivity index (χ0n) is 15.1. The van der Waals surface area contributed by atoms with Crippen molar-refractivity contribution in [2.24, 2.45) is 0 Å². The van der Waals surface area contributed by atoms with Crippen molar-refractivity contribution in [3.63, 3.8) is 0 Å². The minimum absolute atomic E-state index is 0.415. The SMILES string of the molecule is COc1ccc(CCC(C)(C)F)cc1C1(O)CNCc2ccccc21. The quantitative estimate of drug-likeness (QED) is 0.869. The first-order chi connectivity index (χ1) is 11.8. The van der Waals surface area contributed by atoms with Gasteiger partial charge in [-0.15, -0.1) is 0 Å². The van der Waals surface area contributed by atoms with Gasteiger partial charge in [0.1, 0.15) is 17.0 Å². The maximum Gasteiger partial charge on any atom is 0.131 e. The van der Waals surface area contributed by atoms with E-state index in [0.29, 0.717) is 25.1 Å². The van der Waals surface area contributed by atoms with Crippen LogP contribution in [0.3, 0.4) is 0 Å². The summed E-state index contributed by atoms with van der Waals surface area (Å²) >= 11 is 0. The molecule has 0 aliphatic carbocycles. The molecule has 2 N–H and O–H groups in total. The maximum absolute atomic E-state index is 13.9. The Labute approximate surface area is 148 Å². The van der Waals surface area contributed by atoms with E-state index in [4.69, 9.17) is 4.74 Å². The smallest absolute Gasteiger partial charge is 0.131 e. The first kappa shape index (κ1) is 17.9. The third-order valence-corrected chi connectivity index (χ3v) is 4.88. The molecule has 0 bridgehead atoms. The number of β-amino-alcohol motifs (C(OH)–C–C–N with tert-alkyl or cyclic N) is 1. The highest BCUT2D eigenvalue weighted by atomic mass is 19.1. The Morgan fingerprint density at radius 2 is 1.96 bits per heavy atom. The van der Waals surface area contributed by atoms with Gasteiger partial charge < -0.3 is 15.2 Å². The van der Waals surface area contributed by atoms with Crippen LogP contribution in [0.5, 0.6) is 5.75 Å². The molecule has 3 nitrogen and oxygen atoms in total. The molecule has 0 fully saturated rings. The summed E-state index contributed by atoms with van der Waals surface area (Å²) in [6.45, 7) is 4.33. The third kappa shape index (κ3) is 3.70. The van der Waals surface area contributed by atoms with Crippen LogP contribution in [-0.4, -0.2) is 24.4 Å². The van der Waals surface area contributed by atoms with E-state index < -0.39 is 11.3 Å². The topological polar surface area (TPSA) is 41.5 Å². The number of aryl methyl sites for hydroxylation is 1. The molecule has 0 saturated carbocycles. The van der Waals surface area contributed by atoms with E-state index in [-0.39, 0.29) is 0 Å². The van der Waals surface area contributed by atoms with Gasteiger partial charge in [-0.3, -0.25) is 0 Å². The van der Waals surface area contributed by atoms with Gasteiger partial charge in [0.2, 0.25) is 0 Å². The summed E-state index contributed by atoms with van der Waals surface area (Å²) in [6, 6.07) is 13.7. The molecule has 1 heterocycles. The minimum Gasteiger partial charge on any atom is -0.496 e. The fraction of sp³-hybridized carbons (Fsp3) is 0.429. The predicted molar refractivity (Wildman–Crippen MR) is 97.6 cm³/mol. The number of alkyl halides is 1. The van der Waals surface area contributed by atoms with E-state index in [1.54, 1.807) is 21.0 Å². The van der Waals surface area contributed by atoms with Crippen molar-refractivity contribution in [1.82, 2.24) is 5.32 Å². The molecule has 1 aliphatic rings. The molecule has 2 aromatic carbocycles. The van der Waals surface area contributed by atoms with Crippen LogP contribution in [0.15, 0.2) is 42.5 Å². The molecule has 0 radical (unpaired) electrons. The average Bonchev–Trinajstić information content (AvgIpc) is 2.59. The number of hydrogen-bond donors (Lipinski definition) is 2. The van der Waals surface area contributed by atoms with Crippen LogP contribution in [0, 0.1) is 0 Å². The van der Waals surface area contributed by atoms with Gasteiger partial charge >= 0.3 is 0 Å². The molecule has 0 spiro atoms. The number of fused-ring (bicyclic) bond motifs is 1. The average molecular weight is 343 g/mol. The normalized spacial score (nSPS) is 20.2. The van der Waals surface area contributed by atoms with Gasteiger partial charge in [-0.25, -0.2) is 4.39 Å². The second kappa shape index (κ2) is 6.77. The van der Waals surface area contributed by atoms with Gasteiger partial charge in [0.05, 0.1) is 7.11 Å². The first-order valence-electron chi connectivity index (χ1n) is 8.71. The molecule has 1 unspecified atom stereocenters. The van der Waals surface area contributed by atoms with Crippen molar-refractivity contribution in [2.45, 2.75) is 44.5 Å². The predicted octanol–water partition coefficient (Wildman–Crippen LogP) is 3.72. The number of rotatable bonds is 5. The lowest BCUT2D eigenvalue weighted by molar-refractivity contribution is 0.0687. The van der Waals surface area contributed by atoms with Crippen molar-refractivity contribution in [3.8, 4) is 5.75 Å². The molecular formula is C21H26FNO2. The lowest BCUT2D eigenvalue weighted by Crippen LogP contribution is -2.44. The van der Waals surface area contributed by atoms with Gasteiger partial charge in [0.15, 0.2) is 0 Å². The summed E-state index contributed by atoms with van der Waals surface area (Å²) in [7, 11) is 1.61. The van der Waals surface area contributed by atoms with E-state index in [0.717, 1.165) is 28.8 Å². The number of ether oxygens (including phenoxy) is 1. The molecule has 0 saturated heterocycles. The van der Waals surface area contributed by atoms with Gasteiger partial charge in [-0.05, 0) is 55.5 Å². The van der Waals surface area contributed by atoms with Crippen molar-refractivity contribution in [1.29, 1.82) is 0 Å². The van der Waals surface area contributed by atoms with Crippen LogP contribution in [0.25, 0.3) is 0 Å². The Bertz CT molecular complexity index is 754. The number of aliphatic hydroxyl groups is 1. The van der Waals surface area contributed by atoms with Crippen LogP contribution in [0.1, 0.15) is 42.5 Å². The van der Waals surface area contributed by atoms with Crippen LogP contribution >= 0.6 is 0 Å². The van der Waals surface area contributed by atoms with E-state index in [1.807, 2.05) is 42.5 Å². The van der Waals surface area contributed by atoms with Gasteiger partial charge in [-0.2, -0.15) is 0 Å². The molecule has 1 aliphatic heterocycles. The zero-order chi connectivity index (χ0) is 18.1. The number of nitrogens with one attached hydrogen (secondary N) is 1.